The van der Waals surface area contributed by atoms with Gasteiger partial charge in [-0.1, -0.05) is 0 Å². The molecule has 0 atom stereocenters. The van der Waals surface area contributed by atoms with Gasteiger partial charge in [-0.05, 0) is 28.1 Å². The lowest BCUT2D eigenvalue weighted by atomic mass is 10.4. The number of carbonyl (C=O) groups is 1. The fourth-order valence-corrected chi connectivity index (χ4v) is 0.981. The molecule has 1 heterocycles. The molecule has 0 aliphatic heterocycles. The Morgan fingerprint density at radius 3 is 2.80 bits per heavy atom. The summed E-state index contributed by atoms with van der Waals surface area (Å²) in [5, 5.41) is 2.50. The van der Waals surface area contributed by atoms with Gasteiger partial charge in [-0.3, -0.25) is 4.79 Å². The van der Waals surface area contributed by atoms with Crippen molar-refractivity contribution in [1.82, 2.24) is 10.3 Å². The van der Waals surface area contributed by atoms with Gasteiger partial charge in [0.2, 0.25) is 0 Å². The summed E-state index contributed by atoms with van der Waals surface area (Å²) in [6, 6.07) is 3.49. The van der Waals surface area contributed by atoms with E-state index in [2.05, 4.69) is 26.2 Å². The SMILES string of the molecule is CNC(=O)c1ccc(Br)[nH]1. The van der Waals surface area contributed by atoms with Gasteiger partial charge in [0.05, 0.1) is 4.60 Å². The van der Waals surface area contributed by atoms with Crippen molar-refractivity contribution < 1.29 is 4.79 Å². The molecule has 0 aliphatic carbocycles. The van der Waals surface area contributed by atoms with Crippen molar-refractivity contribution in [1.29, 1.82) is 0 Å². The minimum absolute atomic E-state index is 0.106. The molecule has 10 heavy (non-hydrogen) atoms. The van der Waals surface area contributed by atoms with Crippen LogP contribution < -0.4 is 5.32 Å². The third-order valence-corrected chi connectivity index (χ3v) is 1.58. The predicted molar refractivity (Wildman–Crippen MR) is 41.9 cm³/mol. The lowest BCUT2D eigenvalue weighted by molar-refractivity contribution is 0.0958. The Labute approximate surface area is 66.9 Å². The molecule has 1 amide bonds. The molecule has 1 aromatic rings. The quantitative estimate of drug-likeness (QED) is 0.706. The van der Waals surface area contributed by atoms with Crippen LogP contribution in [-0.4, -0.2) is 17.9 Å². The number of halogens is 1. The van der Waals surface area contributed by atoms with Crippen LogP contribution in [0.3, 0.4) is 0 Å². The van der Waals surface area contributed by atoms with Crippen LogP contribution in [0.5, 0.6) is 0 Å². The normalized spacial score (nSPS) is 9.40. The van der Waals surface area contributed by atoms with Crippen molar-refractivity contribution in [3.05, 3.63) is 22.4 Å². The van der Waals surface area contributed by atoms with E-state index >= 15 is 0 Å². The van der Waals surface area contributed by atoms with Gasteiger partial charge in [0, 0.05) is 7.05 Å². The predicted octanol–water partition coefficient (Wildman–Crippen LogP) is 1.14. The summed E-state index contributed by atoms with van der Waals surface area (Å²) < 4.78 is 0.811. The Morgan fingerprint density at radius 2 is 2.40 bits per heavy atom. The van der Waals surface area contributed by atoms with E-state index in [0.29, 0.717) is 5.69 Å². The van der Waals surface area contributed by atoms with Crippen molar-refractivity contribution in [2.45, 2.75) is 0 Å². The second kappa shape index (κ2) is 2.88. The van der Waals surface area contributed by atoms with Gasteiger partial charge in [-0.15, -0.1) is 0 Å². The van der Waals surface area contributed by atoms with Gasteiger partial charge in [0.25, 0.3) is 5.91 Å². The maximum atomic E-state index is 10.9. The van der Waals surface area contributed by atoms with Crippen LogP contribution in [0.15, 0.2) is 16.7 Å². The molecule has 0 unspecified atom stereocenters. The number of hydrogen-bond acceptors (Lipinski definition) is 1. The fourth-order valence-electron chi connectivity index (χ4n) is 0.636. The third kappa shape index (κ3) is 1.39. The van der Waals surface area contributed by atoms with Gasteiger partial charge < -0.3 is 10.3 Å². The number of H-pyrrole nitrogens is 1. The van der Waals surface area contributed by atoms with Crippen LogP contribution in [0.25, 0.3) is 0 Å². The first kappa shape index (κ1) is 7.34. The highest BCUT2D eigenvalue weighted by Crippen LogP contribution is 2.07. The monoisotopic (exact) mass is 202 g/mol. The number of aromatic amines is 1. The van der Waals surface area contributed by atoms with Crippen LogP contribution in [0, 0.1) is 0 Å². The molecule has 4 heteroatoms. The summed E-state index contributed by atoms with van der Waals surface area (Å²) >= 11 is 3.19. The second-order valence-electron chi connectivity index (χ2n) is 1.80. The number of rotatable bonds is 1. The van der Waals surface area contributed by atoms with Crippen LogP contribution >= 0.6 is 15.9 Å². The minimum atomic E-state index is -0.106. The van der Waals surface area contributed by atoms with Crippen molar-refractivity contribution in [2.24, 2.45) is 0 Å². The van der Waals surface area contributed by atoms with E-state index < -0.39 is 0 Å². The molecule has 54 valence electrons. The molecule has 2 N–H and O–H groups in total. The zero-order valence-electron chi connectivity index (χ0n) is 5.44. The zero-order valence-corrected chi connectivity index (χ0v) is 7.03. The summed E-state index contributed by atoms with van der Waals surface area (Å²) in [6.07, 6.45) is 0. The number of amides is 1. The molecule has 0 aromatic carbocycles. The molecular formula is C6H7BrN2O. The van der Waals surface area contributed by atoms with Gasteiger partial charge in [-0.2, -0.15) is 0 Å². The van der Waals surface area contributed by atoms with Crippen molar-refractivity contribution in [3.8, 4) is 0 Å². The van der Waals surface area contributed by atoms with E-state index in [9.17, 15) is 4.79 Å². The second-order valence-corrected chi connectivity index (χ2v) is 2.65. The summed E-state index contributed by atoms with van der Waals surface area (Å²) in [5.74, 6) is -0.106. The maximum Gasteiger partial charge on any atom is 0.267 e. The third-order valence-electron chi connectivity index (χ3n) is 1.12. The molecular weight excluding hydrogens is 196 g/mol. The Morgan fingerprint density at radius 1 is 1.70 bits per heavy atom. The summed E-state index contributed by atoms with van der Waals surface area (Å²) in [7, 11) is 1.59. The molecule has 0 saturated heterocycles. The average Bonchev–Trinajstić information content (AvgIpc) is 2.34. The first-order valence-electron chi connectivity index (χ1n) is 2.80. The maximum absolute atomic E-state index is 10.9. The Bertz CT molecular complexity index is 244. The standard InChI is InChI=1S/C6H7BrN2O/c1-8-6(10)4-2-3-5(7)9-4/h2-3,9H,1H3,(H,8,10). The molecule has 0 aliphatic rings. The highest BCUT2D eigenvalue weighted by atomic mass is 79.9. The molecule has 0 fully saturated rings. The van der Waals surface area contributed by atoms with Crippen molar-refractivity contribution >= 4 is 21.8 Å². The Balaban J connectivity index is 2.85. The zero-order chi connectivity index (χ0) is 7.56. The van der Waals surface area contributed by atoms with Crippen LogP contribution in [0.4, 0.5) is 0 Å². The summed E-state index contributed by atoms with van der Waals surface area (Å²) in [4.78, 5) is 13.7. The number of nitrogens with one attached hydrogen (secondary N) is 2. The van der Waals surface area contributed by atoms with Crippen LogP contribution in [0.2, 0.25) is 0 Å². The van der Waals surface area contributed by atoms with E-state index in [1.807, 2.05) is 0 Å². The summed E-state index contributed by atoms with van der Waals surface area (Å²) in [5.41, 5.74) is 0.564. The number of aromatic nitrogens is 1. The van der Waals surface area contributed by atoms with E-state index in [-0.39, 0.29) is 5.91 Å². The van der Waals surface area contributed by atoms with Gasteiger partial charge >= 0.3 is 0 Å². The fraction of sp³-hybridized carbons (Fsp3) is 0.167. The molecule has 1 rings (SSSR count). The first-order valence-corrected chi connectivity index (χ1v) is 3.60. The smallest absolute Gasteiger partial charge is 0.267 e. The molecule has 0 spiro atoms. The molecule has 0 saturated carbocycles. The summed E-state index contributed by atoms with van der Waals surface area (Å²) in [6.45, 7) is 0. The number of carbonyl (C=O) groups excluding carboxylic acids is 1. The Hall–Kier alpha value is -0.770. The minimum Gasteiger partial charge on any atom is -0.354 e. The highest BCUT2D eigenvalue weighted by Gasteiger charge is 2.02. The van der Waals surface area contributed by atoms with E-state index in [4.69, 9.17) is 0 Å². The molecule has 3 nitrogen and oxygen atoms in total. The lowest BCUT2D eigenvalue weighted by Crippen LogP contribution is -2.17. The van der Waals surface area contributed by atoms with E-state index in [1.165, 1.54) is 0 Å². The molecule has 1 aromatic heterocycles. The molecule has 0 bridgehead atoms. The van der Waals surface area contributed by atoms with Gasteiger partial charge in [0.1, 0.15) is 5.69 Å². The van der Waals surface area contributed by atoms with Crippen LogP contribution in [-0.2, 0) is 0 Å². The van der Waals surface area contributed by atoms with Crippen molar-refractivity contribution in [2.75, 3.05) is 7.05 Å². The van der Waals surface area contributed by atoms with Gasteiger partial charge in [-0.25, -0.2) is 0 Å². The van der Waals surface area contributed by atoms with E-state index in [1.54, 1.807) is 19.2 Å². The van der Waals surface area contributed by atoms with Gasteiger partial charge in [0.15, 0.2) is 0 Å². The largest absolute Gasteiger partial charge is 0.354 e. The highest BCUT2D eigenvalue weighted by molar-refractivity contribution is 9.10. The topological polar surface area (TPSA) is 44.9 Å². The van der Waals surface area contributed by atoms with Crippen molar-refractivity contribution in [3.63, 3.8) is 0 Å². The molecule has 0 radical (unpaired) electrons. The Kier molecular flexibility index (Phi) is 2.11. The van der Waals surface area contributed by atoms with Crippen LogP contribution in [0.1, 0.15) is 10.5 Å². The van der Waals surface area contributed by atoms with E-state index in [0.717, 1.165) is 4.60 Å². The average molecular weight is 203 g/mol. The number of hydrogen-bond donors (Lipinski definition) is 2. The lowest BCUT2D eigenvalue weighted by Gasteiger charge is -1.92. The first-order chi connectivity index (χ1) is 4.74.